The normalized spacial score (nSPS) is 16.9. The molecule has 4 rings (SSSR count). The fourth-order valence-corrected chi connectivity index (χ4v) is 3.92. The lowest BCUT2D eigenvalue weighted by molar-refractivity contribution is -0.127. The van der Waals surface area contributed by atoms with Gasteiger partial charge in [0.15, 0.2) is 0 Å². The molecule has 1 fully saturated rings. The van der Waals surface area contributed by atoms with Crippen LogP contribution in [0.25, 0.3) is 0 Å². The number of hydrogen-bond donors (Lipinski definition) is 0. The molecular formula is C22H24N4O2. The summed E-state index contributed by atoms with van der Waals surface area (Å²) in [6.07, 6.45) is 7.41. The van der Waals surface area contributed by atoms with Crippen LogP contribution in [-0.4, -0.2) is 43.8 Å². The number of rotatable bonds is 5. The summed E-state index contributed by atoms with van der Waals surface area (Å²) in [6.45, 7) is 1.90. The Balaban J connectivity index is 1.49. The molecule has 3 aromatic rings. The molecule has 144 valence electrons. The number of imidazole rings is 1. The van der Waals surface area contributed by atoms with Gasteiger partial charge in [-0.1, -0.05) is 30.3 Å². The van der Waals surface area contributed by atoms with Gasteiger partial charge in [-0.3, -0.25) is 9.59 Å². The number of aromatic nitrogens is 3. The number of aryl methyl sites for hydroxylation is 1. The van der Waals surface area contributed by atoms with Gasteiger partial charge in [0.25, 0.3) is 11.7 Å². The summed E-state index contributed by atoms with van der Waals surface area (Å²) in [6, 6.07) is 13.7. The van der Waals surface area contributed by atoms with E-state index >= 15 is 0 Å². The van der Waals surface area contributed by atoms with Crippen molar-refractivity contribution < 1.29 is 9.59 Å². The van der Waals surface area contributed by atoms with E-state index in [9.17, 15) is 9.59 Å². The van der Waals surface area contributed by atoms with Gasteiger partial charge in [-0.05, 0) is 30.5 Å². The van der Waals surface area contributed by atoms with Crippen molar-refractivity contribution in [3.63, 3.8) is 0 Å². The minimum Gasteiger partial charge on any atom is -0.348 e. The van der Waals surface area contributed by atoms with Gasteiger partial charge >= 0.3 is 0 Å². The van der Waals surface area contributed by atoms with Crippen LogP contribution in [0.2, 0.25) is 0 Å². The Kier molecular flexibility index (Phi) is 5.10. The van der Waals surface area contributed by atoms with E-state index in [-0.39, 0.29) is 5.92 Å². The Hall–Kier alpha value is -3.15. The molecule has 1 aliphatic heterocycles. The van der Waals surface area contributed by atoms with Crippen molar-refractivity contribution in [3.05, 3.63) is 78.1 Å². The molecule has 6 heteroatoms. The Labute approximate surface area is 164 Å². The lowest BCUT2D eigenvalue weighted by Crippen LogP contribution is -2.43. The predicted molar refractivity (Wildman–Crippen MR) is 106 cm³/mol. The Morgan fingerprint density at radius 2 is 1.93 bits per heavy atom. The zero-order chi connectivity index (χ0) is 19.5. The molecule has 1 aliphatic rings. The van der Waals surface area contributed by atoms with E-state index in [4.69, 9.17) is 0 Å². The zero-order valence-electron chi connectivity index (χ0n) is 16.0. The van der Waals surface area contributed by atoms with Crippen LogP contribution in [0.5, 0.6) is 0 Å². The van der Waals surface area contributed by atoms with E-state index in [0.29, 0.717) is 18.8 Å². The van der Waals surface area contributed by atoms with Crippen LogP contribution < -0.4 is 0 Å². The Morgan fingerprint density at radius 1 is 1.11 bits per heavy atom. The lowest BCUT2D eigenvalue weighted by atomic mass is 9.96. The monoisotopic (exact) mass is 376 g/mol. The molecule has 1 amide bonds. The maximum Gasteiger partial charge on any atom is 0.296 e. The highest BCUT2D eigenvalue weighted by molar-refractivity contribution is 6.42. The molecule has 0 saturated carbocycles. The third-order valence-electron chi connectivity index (χ3n) is 5.39. The molecule has 0 aliphatic carbocycles. The predicted octanol–water partition coefficient (Wildman–Crippen LogP) is 2.86. The van der Waals surface area contributed by atoms with E-state index in [1.807, 2.05) is 30.6 Å². The van der Waals surface area contributed by atoms with Crippen LogP contribution >= 0.6 is 0 Å². The lowest BCUT2D eigenvalue weighted by Gasteiger charge is -2.32. The fraction of sp³-hybridized carbons (Fsp3) is 0.318. The van der Waals surface area contributed by atoms with Crippen LogP contribution in [0.4, 0.5) is 0 Å². The standard InChI is InChI=1S/C22H24N4O2/c1-24-12-6-10-19(24)20(27)22(28)26-13-5-9-18(16-26)21-23-11-14-25(21)15-17-7-3-2-4-8-17/h2-4,6-8,10-12,14,18H,5,9,13,15-16H2,1H3/t18-/m0/s1. The molecule has 28 heavy (non-hydrogen) atoms. The number of piperidine rings is 1. The van der Waals surface area contributed by atoms with Crippen LogP contribution in [0, 0.1) is 0 Å². The summed E-state index contributed by atoms with van der Waals surface area (Å²) in [5, 5.41) is 0. The highest BCUT2D eigenvalue weighted by Gasteiger charge is 2.31. The van der Waals surface area contributed by atoms with Crippen LogP contribution in [0.1, 0.15) is 40.6 Å². The topological polar surface area (TPSA) is 60.1 Å². The molecule has 0 bridgehead atoms. The molecule has 1 saturated heterocycles. The first-order valence-corrected chi connectivity index (χ1v) is 9.63. The van der Waals surface area contributed by atoms with E-state index in [1.54, 1.807) is 34.8 Å². The number of amides is 1. The summed E-state index contributed by atoms with van der Waals surface area (Å²) in [7, 11) is 1.78. The van der Waals surface area contributed by atoms with E-state index < -0.39 is 11.7 Å². The van der Waals surface area contributed by atoms with Gasteiger partial charge in [0.1, 0.15) is 5.82 Å². The quantitative estimate of drug-likeness (QED) is 0.508. The average molecular weight is 376 g/mol. The first kappa shape index (κ1) is 18.2. The second-order valence-electron chi connectivity index (χ2n) is 7.32. The van der Waals surface area contributed by atoms with Crippen molar-refractivity contribution in [2.24, 2.45) is 7.05 Å². The second-order valence-corrected chi connectivity index (χ2v) is 7.32. The SMILES string of the molecule is Cn1cccc1C(=O)C(=O)N1CCC[C@H](c2nccn2Cc2ccccc2)C1. The highest BCUT2D eigenvalue weighted by Crippen LogP contribution is 2.27. The van der Waals surface area contributed by atoms with Gasteiger partial charge in [-0.15, -0.1) is 0 Å². The maximum atomic E-state index is 12.8. The molecule has 6 nitrogen and oxygen atoms in total. The summed E-state index contributed by atoms with van der Waals surface area (Å²) < 4.78 is 3.83. The van der Waals surface area contributed by atoms with Crippen LogP contribution in [-0.2, 0) is 18.4 Å². The van der Waals surface area contributed by atoms with Crippen molar-refractivity contribution in [2.75, 3.05) is 13.1 Å². The minimum absolute atomic E-state index is 0.137. The minimum atomic E-state index is -0.444. The molecule has 3 heterocycles. The summed E-state index contributed by atoms with van der Waals surface area (Å²) in [4.78, 5) is 31.6. The van der Waals surface area contributed by atoms with Crippen LogP contribution in [0.15, 0.2) is 61.1 Å². The van der Waals surface area contributed by atoms with Crippen molar-refractivity contribution in [1.82, 2.24) is 19.0 Å². The number of hydrogen-bond acceptors (Lipinski definition) is 3. The highest BCUT2D eigenvalue weighted by atomic mass is 16.2. The Bertz CT molecular complexity index is 973. The maximum absolute atomic E-state index is 12.8. The van der Waals surface area contributed by atoms with E-state index in [2.05, 4.69) is 21.7 Å². The number of ketones is 1. The molecule has 0 unspecified atom stereocenters. The molecule has 1 atom stereocenters. The van der Waals surface area contributed by atoms with Crippen molar-refractivity contribution >= 4 is 11.7 Å². The second kappa shape index (κ2) is 7.84. The number of benzene rings is 1. The third-order valence-corrected chi connectivity index (χ3v) is 5.39. The largest absolute Gasteiger partial charge is 0.348 e. The first-order chi connectivity index (χ1) is 13.6. The van der Waals surface area contributed by atoms with Crippen molar-refractivity contribution in [3.8, 4) is 0 Å². The Morgan fingerprint density at radius 3 is 2.68 bits per heavy atom. The number of nitrogens with zero attached hydrogens (tertiary/aromatic N) is 4. The van der Waals surface area contributed by atoms with Gasteiger partial charge in [0, 0.05) is 51.2 Å². The smallest absolute Gasteiger partial charge is 0.296 e. The molecule has 1 aromatic carbocycles. The summed E-state index contributed by atoms with van der Waals surface area (Å²) in [5.41, 5.74) is 1.64. The third kappa shape index (κ3) is 3.63. The summed E-state index contributed by atoms with van der Waals surface area (Å²) >= 11 is 0. The zero-order valence-corrected chi connectivity index (χ0v) is 16.0. The molecule has 0 spiro atoms. The molecular weight excluding hydrogens is 352 g/mol. The van der Waals surface area contributed by atoms with Crippen LogP contribution in [0.3, 0.4) is 0 Å². The molecule has 2 aromatic heterocycles. The molecule has 0 radical (unpaired) electrons. The first-order valence-electron chi connectivity index (χ1n) is 9.63. The van der Waals surface area contributed by atoms with Crippen molar-refractivity contribution in [2.45, 2.75) is 25.3 Å². The number of carbonyl (C=O) groups excluding carboxylic acids is 2. The van der Waals surface area contributed by atoms with Gasteiger partial charge in [-0.2, -0.15) is 0 Å². The van der Waals surface area contributed by atoms with Gasteiger partial charge in [0.2, 0.25) is 0 Å². The van der Waals surface area contributed by atoms with E-state index in [0.717, 1.165) is 25.2 Å². The fourth-order valence-electron chi connectivity index (χ4n) is 3.92. The summed E-state index contributed by atoms with van der Waals surface area (Å²) in [5.74, 6) is 0.249. The number of likely N-dealkylation sites (tertiary alicyclic amines) is 1. The number of carbonyl (C=O) groups is 2. The van der Waals surface area contributed by atoms with Gasteiger partial charge < -0.3 is 14.0 Å². The van der Waals surface area contributed by atoms with Gasteiger partial charge in [0.05, 0.1) is 5.69 Å². The average Bonchev–Trinajstić information content (AvgIpc) is 3.36. The molecule has 0 N–H and O–H groups in total. The van der Waals surface area contributed by atoms with E-state index in [1.165, 1.54) is 5.56 Å². The van der Waals surface area contributed by atoms with Crippen molar-refractivity contribution in [1.29, 1.82) is 0 Å². The number of Topliss-reactive ketones (excluding diaryl/α,β-unsaturated/α-hetero) is 1. The van der Waals surface area contributed by atoms with Gasteiger partial charge in [-0.25, -0.2) is 4.98 Å².